The molecule has 0 radical (unpaired) electrons. The van der Waals surface area contributed by atoms with Crippen LogP contribution in [0.5, 0.6) is 5.88 Å². The zero-order valence-corrected chi connectivity index (χ0v) is 23.1. The molecule has 4 aromatic rings. The van der Waals surface area contributed by atoms with Gasteiger partial charge in [-0.05, 0) is 57.5 Å². The maximum absolute atomic E-state index is 13.9. The first-order chi connectivity index (χ1) is 19.0. The first-order valence-electron chi connectivity index (χ1n) is 12.1. The number of hydrogen-bond acceptors (Lipinski definition) is 8. The predicted molar refractivity (Wildman–Crippen MR) is 143 cm³/mol. The van der Waals surface area contributed by atoms with Gasteiger partial charge in [-0.3, -0.25) is 19.0 Å². The van der Waals surface area contributed by atoms with Crippen molar-refractivity contribution < 1.29 is 33.3 Å². The van der Waals surface area contributed by atoms with E-state index >= 15 is 0 Å². The van der Waals surface area contributed by atoms with Gasteiger partial charge in [0.15, 0.2) is 5.02 Å². The highest BCUT2D eigenvalue weighted by Gasteiger charge is 2.35. The molecule has 2 heterocycles. The minimum atomic E-state index is -1.99. The van der Waals surface area contributed by atoms with Crippen LogP contribution in [0.25, 0.3) is 11.0 Å². The number of aliphatic hydroxyl groups is 2. The quantitative estimate of drug-likeness (QED) is 0.334. The van der Waals surface area contributed by atoms with Crippen LogP contribution in [0.15, 0.2) is 52.3 Å². The van der Waals surface area contributed by atoms with Crippen molar-refractivity contribution >= 4 is 34.4 Å². The monoisotopic (exact) mass is 590 g/mol. The van der Waals surface area contributed by atoms with Crippen LogP contribution in [0.4, 0.5) is 8.78 Å². The van der Waals surface area contributed by atoms with Crippen LogP contribution in [0.3, 0.4) is 0 Å². The Morgan fingerprint density at radius 2 is 1.56 bits per heavy atom. The summed E-state index contributed by atoms with van der Waals surface area (Å²) in [5.74, 6) is -3.90. The predicted octanol–water partition coefficient (Wildman–Crippen LogP) is 2.74. The molecule has 4 rings (SSSR count). The lowest BCUT2D eigenvalue weighted by Crippen LogP contribution is -2.45. The normalized spacial score (nSPS) is 12.1. The molecule has 2 N–H and O–H groups in total. The lowest BCUT2D eigenvalue weighted by Gasteiger charge is -2.16. The average Bonchev–Trinajstić information content (AvgIpc) is 3.15. The zero-order valence-electron chi connectivity index (χ0n) is 22.3. The number of imidazole rings is 1. The molecule has 0 aliphatic rings. The number of fused-ring (bicyclic) bond motifs is 1. The Labute approximate surface area is 235 Å². The number of rotatable bonds is 7. The van der Waals surface area contributed by atoms with Gasteiger partial charge in [0.1, 0.15) is 35.8 Å². The van der Waals surface area contributed by atoms with E-state index in [1.807, 2.05) is 0 Å². The van der Waals surface area contributed by atoms with Gasteiger partial charge in [-0.2, -0.15) is 0 Å². The van der Waals surface area contributed by atoms with Crippen LogP contribution in [0.1, 0.15) is 48.4 Å². The van der Waals surface area contributed by atoms with Gasteiger partial charge in [0.05, 0.1) is 17.6 Å². The number of ether oxygens (including phenoxy) is 1. The van der Waals surface area contributed by atoms with Gasteiger partial charge in [0.25, 0.3) is 17.4 Å². The third kappa shape index (κ3) is 5.82. The molecule has 0 aliphatic carbocycles. The van der Waals surface area contributed by atoms with Crippen molar-refractivity contribution in [2.45, 2.75) is 52.0 Å². The van der Waals surface area contributed by atoms with Crippen molar-refractivity contribution in [1.82, 2.24) is 18.7 Å². The van der Waals surface area contributed by atoms with Gasteiger partial charge in [-0.25, -0.2) is 27.7 Å². The molecule has 14 heteroatoms. The van der Waals surface area contributed by atoms with Crippen molar-refractivity contribution in [2.24, 2.45) is 0 Å². The summed E-state index contributed by atoms with van der Waals surface area (Å²) in [5, 5.41) is 20.1. The van der Waals surface area contributed by atoms with E-state index < -0.39 is 50.9 Å². The van der Waals surface area contributed by atoms with E-state index in [-0.39, 0.29) is 35.6 Å². The highest BCUT2D eigenvalue weighted by atomic mass is 35.5. The Balaban J connectivity index is 1.71. The lowest BCUT2D eigenvalue weighted by molar-refractivity contribution is 0.0368. The second-order valence-corrected chi connectivity index (χ2v) is 10.7. The molecule has 0 spiro atoms. The topological polar surface area (TPSA) is 146 Å². The summed E-state index contributed by atoms with van der Waals surface area (Å²) in [6, 6.07) is 7.13. The van der Waals surface area contributed by atoms with Crippen LogP contribution in [0.2, 0.25) is 5.02 Å². The van der Waals surface area contributed by atoms with Gasteiger partial charge in [0, 0.05) is 11.6 Å². The highest BCUT2D eigenvalue weighted by Crippen LogP contribution is 2.22. The Morgan fingerprint density at radius 3 is 2.15 bits per heavy atom. The molecule has 2 aromatic heterocycles. The van der Waals surface area contributed by atoms with Gasteiger partial charge in [-0.1, -0.05) is 17.7 Å². The lowest BCUT2D eigenvalue weighted by atomic mass is 10.1. The summed E-state index contributed by atoms with van der Waals surface area (Å²) < 4.78 is 34.7. The van der Waals surface area contributed by atoms with Crippen LogP contribution >= 0.6 is 11.6 Å². The van der Waals surface area contributed by atoms with Crippen LogP contribution in [0, 0.1) is 11.6 Å². The maximum Gasteiger partial charge on any atom is 0.343 e. The van der Waals surface area contributed by atoms with Crippen LogP contribution < -0.4 is 16.0 Å². The molecule has 0 amide bonds. The molecule has 0 bridgehead atoms. The molecule has 0 aliphatic heterocycles. The summed E-state index contributed by atoms with van der Waals surface area (Å²) >= 11 is 6.15. The summed E-state index contributed by atoms with van der Waals surface area (Å²) in [6.07, 6.45) is 1.12. The van der Waals surface area contributed by atoms with Gasteiger partial charge < -0.3 is 14.9 Å². The molecule has 0 fully saturated rings. The minimum Gasteiger partial charge on any atom is -0.471 e. The Morgan fingerprint density at radius 1 is 0.951 bits per heavy atom. The molecule has 0 saturated carbocycles. The maximum atomic E-state index is 13.9. The van der Waals surface area contributed by atoms with E-state index in [0.29, 0.717) is 20.8 Å². The SMILES string of the molecule is CC(C)(O)C(=O)n1c(=O)n(C(=O)C(C)(C)O)c2cc(Cn3cnc(OCc4ccc(F)cc4F)c(Cl)c3=O)ccc21. The van der Waals surface area contributed by atoms with Gasteiger partial charge in [-0.15, -0.1) is 0 Å². The molecule has 0 saturated heterocycles. The Kier molecular flexibility index (Phi) is 7.74. The molecular formula is C27H25ClF2N4O7. The molecule has 41 heavy (non-hydrogen) atoms. The van der Waals surface area contributed by atoms with E-state index in [2.05, 4.69) is 4.98 Å². The van der Waals surface area contributed by atoms with Crippen molar-refractivity contribution in [1.29, 1.82) is 0 Å². The van der Waals surface area contributed by atoms with E-state index in [9.17, 15) is 38.2 Å². The third-order valence-electron chi connectivity index (χ3n) is 6.04. The summed E-state index contributed by atoms with van der Waals surface area (Å²) in [5.41, 5.74) is -5.42. The number of aromatic nitrogens is 4. The second kappa shape index (κ2) is 10.7. The van der Waals surface area contributed by atoms with Gasteiger partial charge in [0.2, 0.25) is 5.88 Å². The summed E-state index contributed by atoms with van der Waals surface area (Å²) in [4.78, 5) is 56.0. The molecule has 2 aromatic carbocycles. The minimum absolute atomic E-state index is 0.0104. The summed E-state index contributed by atoms with van der Waals surface area (Å²) in [6.45, 7) is 4.20. The van der Waals surface area contributed by atoms with Crippen molar-refractivity contribution in [3.05, 3.63) is 91.3 Å². The molecule has 216 valence electrons. The largest absolute Gasteiger partial charge is 0.471 e. The summed E-state index contributed by atoms with van der Waals surface area (Å²) in [7, 11) is 0. The highest BCUT2D eigenvalue weighted by molar-refractivity contribution is 6.31. The van der Waals surface area contributed by atoms with E-state index in [4.69, 9.17) is 16.3 Å². The number of carbonyl (C=O) groups is 2. The third-order valence-corrected chi connectivity index (χ3v) is 6.36. The zero-order chi connectivity index (χ0) is 30.4. The number of carbonyl (C=O) groups excluding carboxylic acids is 2. The van der Waals surface area contributed by atoms with Crippen molar-refractivity contribution in [3.8, 4) is 5.88 Å². The van der Waals surface area contributed by atoms with E-state index in [1.54, 1.807) is 0 Å². The molecule has 0 atom stereocenters. The number of halogens is 3. The van der Waals surface area contributed by atoms with Crippen molar-refractivity contribution in [3.63, 3.8) is 0 Å². The van der Waals surface area contributed by atoms with Crippen molar-refractivity contribution in [2.75, 3.05) is 0 Å². The Bertz CT molecular complexity index is 1810. The number of hydrogen-bond donors (Lipinski definition) is 2. The second-order valence-electron chi connectivity index (χ2n) is 10.3. The Hall–Kier alpha value is -4.20. The van der Waals surface area contributed by atoms with E-state index in [0.717, 1.165) is 17.0 Å². The first kappa shape index (κ1) is 29.8. The fourth-order valence-corrected chi connectivity index (χ4v) is 4.14. The first-order valence-corrected chi connectivity index (χ1v) is 12.5. The molecule has 11 nitrogen and oxygen atoms in total. The smallest absolute Gasteiger partial charge is 0.343 e. The van der Waals surface area contributed by atoms with Gasteiger partial charge >= 0.3 is 5.69 Å². The fraction of sp³-hybridized carbons (Fsp3) is 0.296. The van der Waals surface area contributed by atoms with Crippen LogP contribution in [-0.2, 0) is 13.2 Å². The number of benzene rings is 2. The van der Waals surface area contributed by atoms with Crippen LogP contribution in [-0.4, -0.2) is 51.9 Å². The molecular weight excluding hydrogens is 566 g/mol. The average molecular weight is 591 g/mol. The molecule has 0 unspecified atom stereocenters. The van der Waals surface area contributed by atoms with E-state index in [1.165, 1.54) is 52.0 Å². The number of nitrogens with zero attached hydrogens (tertiary/aromatic N) is 4. The standard InChI is InChI=1S/C27H25ClF2N4O7/c1-26(2,39)23(36)33-18-8-5-14(9-19(18)34(25(33)38)24(37)27(3,4)40)11-32-13-31-21(20(28)22(32)35)41-12-15-6-7-16(29)10-17(15)30/h5-10,13,39-40H,11-12H2,1-4H3. The fourth-order valence-electron chi connectivity index (χ4n) is 3.92.